The van der Waals surface area contributed by atoms with Gasteiger partial charge in [-0.05, 0) is 52.5 Å². The van der Waals surface area contributed by atoms with E-state index in [4.69, 9.17) is 32.4 Å². The molecule has 0 aliphatic rings. The summed E-state index contributed by atoms with van der Waals surface area (Å²) in [5.41, 5.74) is 2.64. The second-order valence-electron chi connectivity index (χ2n) is 11.6. The Kier molecular flexibility index (Phi) is 9.37. The van der Waals surface area contributed by atoms with Crippen molar-refractivity contribution in [1.29, 1.82) is 0 Å². The Hall–Kier alpha value is -3.49. The topological polar surface area (TPSA) is 69.2 Å². The lowest BCUT2D eigenvalue weighted by Gasteiger charge is -2.43. The van der Waals surface area contributed by atoms with Crippen LogP contribution in [0.15, 0.2) is 91.1 Å². The fourth-order valence-electron chi connectivity index (χ4n) is 5.68. The van der Waals surface area contributed by atoms with Crippen LogP contribution in [0.2, 0.25) is 15.5 Å². The molecule has 2 heterocycles. The first kappa shape index (κ1) is 30.9. The van der Waals surface area contributed by atoms with Gasteiger partial charge in [-0.3, -0.25) is 0 Å². The number of para-hydroxylation sites is 1. The number of hydrogen-bond donors (Lipinski definition) is 1. The van der Waals surface area contributed by atoms with Crippen molar-refractivity contribution >= 4 is 58.6 Å². The molecule has 1 atom stereocenters. The van der Waals surface area contributed by atoms with E-state index in [9.17, 15) is 0 Å². The highest BCUT2D eigenvalue weighted by molar-refractivity contribution is 6.99. The maximum Gasteiger partial charge on any atom is 0.261 e. The molecule has 0 fully saturated rings. The fourth-order valence-corrected chi connectivity index (χ4v) is 10.6. The number of hydrogen-bond acceptors (Lipinski definition) is 6. The number of ether oxygens (including phenoxy) is 1. The van der Waals surface area contributed by atoms with E-state index < -0.39 is 8.32 Å². The molecule has 2 aromatic heterocycles. The number of benzene rings is 3. The number of aryl methyl sites for hydroxylation is 1. The van der Waals surface area contributed by atoms with Crippen LogP contribution < -0.4 is 20.4 Å². The summed E-state index contributed by atoms with van der Waals surface area (Å²) < 4.78 is 13.5. The summed E-state index contributed by atoms with van der Waals surface area (Å²) in [6, 6.07) is 29.0. The third kappa shape index (κ3) is 6.55. The summed E-state index contributed by atoms with van der Waals surface area (Å²) in [7, 11) is -2.66. The van der Waals surface area contributed by atoms with Crippen LogP contribution in [0, 0.1) is 6.92 Å². The van der Waals surface area contributed by atoms with Crippen molar-refractivity contribution < 1.29 is 9.16 Å². The van der Waals surface area contributed by atoms with E-state index in [1.165, 1.54) is 10.4 Å². The highest BCUT2D eigenvalue weighted by atomic mass is 35.5. The first-order valence-corrected chi connectivity index (χ1v) is 17.0. The number of fused-ring (bicyclic) bond motifs is 1. The van der Waals surface area contributed by atoms with Crippen molar-refractivity contribution in [3.05, 3.63) is 113 Å². The van der Waals surface area contributed by atoms with Gasteiger partial charge in [0, 0.05) is 10.9 Å². The van der Waals surface area contributed by atoms with Gasteiger partial charge < -0.3 is 14.5 Å². The van der Waals surface area contributed by atoms with Crippen LogP contribution in [-0.2, 0) is 4.43 Å². The summed E-state index contributed by atoms with van der Waals surface area (Å²) in [5, 5.41) is 7.10. The molecule has 5 rings (SSSR count). The van der Waals surface area contributed by atoms with E-state index in [1.807, 2.05) is 6.07 Å². The molecule has 222 valence electrons. The zero-order valence-electron chi connectivity index (χ0n) is 25.1. The lowest BCUT2D eigenvalue weighted by molar-refractivity contribution is 0.206. The average molecular weight is 632 g/mol. The lowest BCUT2D eigenvalue weighted by Crippen LogP contribution is -2.66. The number of anilines is 1. The molecule has 6 nitrogen and oxygen atoms in total. The van der Waals surface area contributed by atoms with Gasteiger partial charge in [-0.25, -0.2) is 15.0 Å². The Morgan fingerprint density at radius 3 is 2.14 bits per heavy atom. The summed E-state index contributed by atoms with van der Waals surface area (Å²) in [5.74, 6) is 1.40. The second-order valence-corrected chi connectivity index (χ2v) is 16.6. The van der Waals surface area contributed by atoms with Crippen molar-refractivity contribution in [3.63, 3.8) is 0 Å². The third-order valence-electron chi connectivity index (χ3n) is 7.65. The maximum atomic E-state index is 7.04. The molecular weight excluding hydrogens is 595 g/mol. The summed E-state index contributed by atoms with van der Waals surface area (Å²) in [4.78, 5) is 12.8. The standard InChI is InChI=1S/C34H36Cl2N4O2Si/c1-23-13-12-18-27(24(2)38-32-28-21-30(35)37-22-29(28)39-33(36)40-32)31(23)41-19-20-42-43(34(3,4)5,25-14-8-6-9-15-25)26-16-10-7-11-17-26/h6-18,21-22,24H,19-20H2,1-5H3,(H,38,39,40)/t24-/m1/s1. The quantitative estimate of drug-likeness (QED) is 0.0736. The van der Waals surface area contributed by atoms with Crippen molar-refractivity contribution in [2.75, 3.05) is 18.5 Å². The largest absolute Gasteiger partial charge is 0.491 e. The van der Waals surface area contributed by atoms with Gasteiger partial charge in [-0.1, -0.05) is 111 Å². The molecular formula is C34H36Cl2N4O2Si. The molecule has 1 N–H and O–H groups in total. The highest BCUT2D eigenvalue weighted by Gasteiger charge is 2.50. The second kappa shape index (κ2) is 13.0. The molecule has 0 bridgehead atoms. The number of aromatic nitrogens is 3. The Bertz CT molecular complexity index is 1660. The van der Waals surface area contributed by atoms with Crippen LogP contribution in [0.25, 0.3) is 10.9 Å². The average Bonchev–Trinajstić information content (AvgIpc) is 2.98. The molecule has 0 aliphatic carbocycles. The van der Waals surface area contributed by atoms with Crippen LogP contribution in [0.4, 0.5) is 5.82 Å². The predicted octanol–water partition coefficient (Wildman–Crippen LogP) is 7.77. The molecule has 3 aromatic carbocycles. The minimum atomic E-state index is -2.66. The molecule has 43 heavy (non-hydrogen) atoms. The van der Waals surface area contributed by atoms with Gasteiger partial charge >= 0.3 is 0 Å². The van der Waals surface area contributed by atoms with Crippen molar-refractivity contribution in [1.82, 2.24) is 15.0 Å². The Morgan fingerprint density at radius 1 is 0.860 bits per heavy atom. The SMILES string of the molecule is Cc1cccc([C@@H](C)Nc2nc(Cl)nc3cnc(Cl)cc23)c1OCCO[Si](c1ccccc1)(c1ccccc1)C(C)(C)C. The number of pyridine rings is 1. The molecule has 0 unspecified atom stereocenters. The Labute approximate surface area is 264 Å². The fraction of sp³-hybridized carbons (Fsp3) is 0.265. The monoisotopic (exact) mass is 630 g/mol. The van der Waals surface area contributed by atoms with E-state index in [2.05, 4.69) is 128 Å². The predicted molar refractivity (Wildman–Crippen MR) is 180 cm³/mol. The highest BCUT2D eigenvalue weighted by Crippen LogP contribution is 2.37. The summed E-state index contributed by atoms with van der Waals surface area (Å²) in [6.07, 6.45) is 1.59. The smallest absolute Gasteiger partial charge is 0.261 e. The van der Waals surface area contributed by atoms with Crippen LogP contribution in [-0.4, -0.2) is 36.5 Å². The molecule has 0 saturated heterocycles. The molecule has 5 aromatic rings. The van der Waals surface area contributed by atoms with Crippen molar-refractivity contribution in [2.45, 2.75) is 45.7 Å². The van der Waals surface area contributed by atoms with E-state index in [1.54, 1.807) is 12.3 Å². The van der Waals surface area contributed by atoms with Crippen LogP contribution in [0.3, 0.4) is 0 Å². The number of halogens is 2. The van der Waals surface area contributed by atoms with Crippen LogP contribution >= 0.6 is 23.2 Å². The number of nitrogens with one attached hydrogen (secondary N) is 1. The molecule has 0 saturated carbocycles. The molecule has 9 heteroatoms. The van der Waals surface area contributed by atoms with Gasteiger partial charge in [0.25, 0.3) is 8.32 Å². The number of rotatable bonds is 10. The molecule has 0 amide bonds. The van der Waals surface area contributed by atoms with Crippen molar-refractivity contribution in [2.24, 2.45) is 0 Å². The van der Waals surface area contributed by atoms with Gasteiger partial charge in [-0.15, -0.1) is 0 Å². The summed E-state index contributed by atoms with van der Waals surface area (Å²) in [6.45, 7) is 11.8. The van der Waals surface area contributed by atoms with E-state index in [0.29, 0.717) is 29.7 Å². The normalized spacial score (nSPS) is 12.7. The van der Waals surface area contributed by atoms with Crippen LogP contribution in [0.1, 0.15) is 44.9 Å². The van der Waals surface area contributed by atoms with E-state index >= 15 is 0 Å². The zero-order valence-corrected chi connectivity index (χ0v) is 27.6. The molecule has 0 spiro atoms. The maximum absolute atomic E-state index is 7.04. The van der Waals surface area contributed by atoms with Gasteiger partial charge in [0.1, 0.15) is 23.3 Å². The van der Waals surface area contributed by atoms with E-state index in [0.717, 1.165) is 22.3 Å². The Morgan fingerprint density at radius 2 is 1.51 bits per heavy atom. The van der Waals surface area contributed by atoms with Crippen molar-refractivity contribution in [3.8, 4) is 5.75 Å². The third-order valence-corrected chi connectivity index (χ3v) is 13.1. The minimum absolute atomic E-state index is 0.109. The first-order valence-electron chi connectivity index (χ1n) is 14.3. The van der Waals surface area contributed by atoms with Gasteiger partial charge in [0.05, 0.1) is 24.4 Å². The van der Waals surface area contributed by atoms with Gasteiger partial charge in [0.2, 0.25) is 5.28 Å². The first-order chi connectivity index (χ1) is 20.6. The lowest BCUT2D eigenvalue weighted by atomic mass is 10.0. The zero-order chi connectivity index (χ0) is 30.6. The molecule has 0 radical (unpaired) electrons. The summed E-state index contributed by atoms with van der Waals surface area (Å²) >= 11 is 12.4. The minimum Gasteiger partial charge on any atom is -0.491 e. The van der Waals surface area contributed by atoms with Crippen LogP contribution in [0.5, 0.6) is 5.75 Å². The van der Waals surface area contributed by atoms with Gasteiger partial charge in [0.15, 0.2) is 0 Å². The number of nitrogens with zero attached hydrogens (tertiary/aromatic N) is 3. The van der Waals surface area contributed by atoms with Gasteiger partial charge in [-0.2, -0.15) is 0 Å². The van der Waals surface area contributed by atoms with E-state index in [-0.39, 0.29) is 16.4 Å². The molecule has 0 aliphatic heterocycles. The Balaban J connectivity index is 1.39.